The van der Waals surface area contributed by atoms with Gasteiger partial charge in [0.1, 0.15) is 5.75 Å². The number of nitrogens with one attached hydrogen (secondary N) is 1. The van der Waals surface area contributed by atoms with Crippen molar-refractivity contribution in [3.8, 4) is 5.75 Å². The first-order valence-electron chi connectivity index (χ1n) is 7.05. The third-order valence-electron chi connectivity index (χ3n) is 4.24. The summed E-state index contributed by atoms with van der Waals surface area (Å²) in [7, 11) is 0. The van der Waals surface area contributed by atoms with Crippen LogP contribution >= 0.6 is 0 Å². The fourth-order valence-electron chi connectivity index (χ4n) is 2.87. The molecule has 1 aromatic rings. The van der Waals surface area contributed by atoms with Gasteiger partial charge >= 0.3 is 0 Å². The summed E-state index contributed by atoms with van der Waals surface area (Å²) in [5.41, 5.74) is 2.74. The van der Waals surface area contributed by atoms with Crippen molar-refractivity contribution in [3.63, 3.8) is 0 Å². The normalized spacial score (nSPS) is 25.0. The van der Waals surface area contributed by atoms with E-state index in [2.05, 4.69) is 17.4 Å². The highest BCUT2D eigenvalue weighted by Gasteiger charge is 2.41. The van der Waals surface area contributed by atoms with Gasteiger partial charge < -0.3 is 14.9 Å². The molecular weight excluding hydrogens is 242 g/mol. The molecule has 1 aliphatic heterocycles. The molecule has 1 fully saturated rings. The minimum Gasteiger partial charge on any atom is -0.493 e. The molecule has 19 heavy (non-hydrogen) atoms. The Labute approximate surface area is 113 Å². The zero-order valence-corrected chi connectivity index (χ0v) is 11.2. The van der Waals surface area contributed by atoms with Crippen molar-refractivity contribution < 1.29 is 14.9 Å². The van der Waals surface area contributed by atoms with Crippen molar-refractivity contribution in [2.24, 2.45) is 5.92 Å². The van der Waals surface area contributed by atoms with Crippen LogP contribution in [0.15, 0.2) is 18.2 Å². The Hall–Kier alpha value is -1.10. The van der Waals surface area contributed by atoms with E-state index in [1.807, 2.05) is 6.07 Å². The Morgan fingerprint density at radius 2 is 2.26 bits per heavy atom. The number of rotatable bonds is 5. The van der Waals surface area contributed by atoms with Crippen molar-refractivity contribution in [3.05, 3.63) is 29.3 Å². The lowest BCUT2D eigenvalue weighted by atomic mass is 10.00. The molecule has 4 heteroatoms. The number of hydrogen-bond donors (Lipinski definition) is 3. The average Bonchev–Trinajstić information content (AvgIpc) is 3.02. The number of aliphatic hydroxyl groups is 2. The first-order valence-corrected chi connectivity index (χ1v) is 7.05. The lowest BCUT2D eigenvalue weighted by Gasteiger charge is -2.21. The predicted octanol–water partition coefficient (Wildman–Crippen LogP) is 1.36. The van der Waals surface area contributed by atoms with Crippen molar-refractivity contribution in [2.45, 2.75) is 38.0 Å². The third kappa shape index (κ3) is 2.61. The van der Waals surface area contributed by atoms with Gasteiger partial charge in [0.25, 0.3) is 0 Å². The van der Waals surface area contributed by atoms with Crippen molar-refractivity contribution in [2.75, 3.05) is 13.2 Å². The van der Waals surface area contributed by atoms with E-state index < -0.39 is 5.91 Å². The summed E-state index contributed by atoms with van der Waals surface area (Å²) in [6, 6.07) is 6.27. The van der Waals surface area contributed by atoms with Gasteiger partial charge in [0.05, 0.1) is 6.61 Å². The fourth-order valence-corrected chi connectivity index (χ4v) is 2.87. The molecule has 3 N–H and O–H groups in total. The largest absolute Gasteiger partial charge is 0.493 e. The predicted molar refractivity (Wildman–Crippen MR) is 72.0 cm³/mol. The van der Waals surface area contributed by atoms with Crippen molar-refractivity contribution in [1.29, 1.82) is 0 Å². The van der Waals surface area contributed by atoms with Gasteiger partial charge in [-0.3, -0.25) is 5.32 Å². The maximum Gasteiger partial charge on any atom is 0.222 e. The van der Waals surface area contributed by atoms with Crippen LogP contribution in [0.4, 0.5) is 0 Å². The molecule has 1 saturated carbocycles. The second-order valence-electron chi connectivity index (χ2n) is 5.58. The standard InChI is InChI=1S/C15H21NO3/c1-2-15(17,18)16-9-10-8-13(10)11-4-3-5-14-12(11)6-7-19-14/h3-5,10,13,16-18H,2,6-9H2,1H3/t10-,13+/m0/s1. The molecule has 0 saturated heterocycles. The quantitative estimate of drug-likeness (QED) is 0.702. The molecule has 3 rings (SSSR count). The number of hydrogen-bond acceptors (Lipinski definition) is 4. The van der Waals surface area contributed by atoms with E-state index in [9.17, 15) is 10.2 Å². The fraction of sp³-hybridized carbons (Fsp3) is 0.600. The van der Waals surface area contributed by atoms with Gasteiger partial charge in [-0.25, -0.2) is 0 Å². The Bertz CT molecular complexity index is 472. The van der Waals surface area contributed by atoms with Gasteiger partial charge in [0, 0.05) is 24.9 Å². The molecule has 0 aromatic heterocycles. The molecule has 1 aliphatic carbocycles. The van der Waals surface area contributed by atoms with Crippen LogP contribution in [0.1, 0.15) is 36.8 Å². The summed E-state index contributed by atoms with van der Waals surface area (Å²) in [5, 5.41) is 21.9. The Balaban J connectivity index is 1.63. The van der Waals surface area contributed by atoms with Gasteiger partial charge in [-0.1, -0.05) is 19.1 Å². The Kier molecular flexibility index (Phi) is 3.25. The molecule has 1 aromatic carbocycles. The summed E-state index contributed by atoms with van der Waals surface area (Å²) < 4.78 is 5.59. The second kappa shape index (κ2) is 4.78. The molecule has 0 spiro atoms. The Morgan fingerprint density at radius 1 is 1.42 bits per heavy atom. The highest BCUT2D eigenvalue weighted by molar-refractivity contribution is 5.46. The van der Waals surface area contributed by atoms with Gasteiger partial charge in [-0.05, 0) is 29.9 Å². The molecule has 0 radical (unpaired) electrons. The van der Waals surface area contributed by atoms with E-state index in [-0.39, 0.29) is 0 Å². The van der Waals surface area contributed by atoms with Crippen LogP contribution in [-0.4, -0.2) is 29.3 Å². The van der Waals surface area contributed by atoms with E-state index >= 15 is 0 Å². The van der Waals surface area contributed by atoms with Crippen LogP contribution in [0.2, 0.25) is 0 Å². The third-order valence-corrected chi connectivity index (χ3v) is 4.24. The molecule has 1 heterocycles. The van der Waals surface area contributed by atoms with Gasteiger partial charge in [-0.2, -0.15) is 0 Å². The van der Waals surface area contributed by atoms with E-state index in [1.54, 1.807) is 6.92 Å². The van der Waals surface area contributed by atoms with Crippen LogP contribution in [-0.2, 0) is 6.42 Å². The Morgan fingerprint density at radius 3 is 3.05 bits per heavy atom. The smallest absolute Gasteiger partial charge is 0.222 e. The minimum atomic E-state index is -1.73. The van der Waals surface area contributed by atoms with E-state index in [0.29, 0.717) is 24.8 Å². The topological polar surface area (TPSA) is 61.7 Å². The van der Waals surface area contributed by atoms with Crippen LogP contribution < -0.4 is 10.1 Å². The van der Waals surface area contributed by atoms with Crippen LogP contribution in [0.25, 0.3) is 0 Å². The first-order chi connectivity index (χ1) is 9.11. The SMILES string of the molecule is CCC(O)(O)NC[C@@H]1C[C@H]1c1cccc2c1CCO2. The summed E-state index contributed by atoms with van der Waals surface area (Å²) in [6.07, 6.45) is 2.41. The zero-order valence-electron chi connectivity index (χ0n) is 11.2. The monoisotopic (exact) mass is 263 g/mol. The molecule has 4 nitrogen and oxygen atoms in total. The molecule has 2 atom stereocenters. The molecule has 0 unspecified atom stereocenters. The van der Waals surface area contributed by atoms with E-state index in [4.69, 9.17) is 4.74 Å². The first kappa shape index (κ1) is 12.9. The van der Waals surface area contributed by atoms with Gasteiger partial charge in [0.15, 0.2) is 0 Å². The number of benzene rings is 1. The molecule has 2 aliphatic rings. The summed E-state index contributed by atoms with van der Waals surface area (Å²) in [5.74, 6) is 0.340. The number of ether oxygens (including phenoxy) is 1. The molecule has 0 amide bonds. The van der Waals surface area contributed by atoms with Crippen LogP contribution in [0.3, 0.4) is 0 Å². The molecule has 104 valence electrons. The lowest BCUT2D eigenvalue weighted by Crippen LogP contribution is -2.45. The zero-order chi connectivity index (χ0) is 13.5. The van der Waals surface area contributed by atoms with Crippen molar-refractivity contribution in [1.82, 2.24) is 5.32 Å². The summed E-state index contributed by atoms with van der Waals surface area (Å²) in [4.78, 5) is 0. The maximum absolute atomic E-state index is 9.54. The minimum absolute atomic E-state index is 0.291. The highest BCUT2D eigenvalue weighted by atomic mass is 16.5. The average molecular weight is 263 g/mol. The maximum atomic E-state index is 9.54. The summed E-state index contributed by atoms with van der Waals surface area (Å²) >= 11 is 0. The number of fused-ring (bicyclic) bond motifs is 1. The summed E-state index contributed by atoms with van der Waals surface area (Å²) in [6.45, 7) is 3.18. The molecule has 0 bridgehead atoms. The van der Waals surface area contributed by atoms with E-state index in [0.717, 1.165) is 25.2 Å². The van der Waals surface area contributed by atoms with Gasteiger partial charge in [-0.15, -0.1) is 0 Å². The lowest BCUT2D eigenvalue weighted by molar-refractivity contribution is -0.187. The highest BCUT2D eigenvalue weighted by Crippen LogP contribution is 2.50. The molecular formula is C15H21NO3. The van der Waals surface area contributed by atoms with Crippen LogP contribution in [0.5, 0.6) is 5.75 Å². The van der Waals surface area contributed by atoms with E-state index in [1.165, 1.54) is 11.1 Å². The van der Waals surface area contributed by atoms with Crippen molar-refractivity contribution >= 4 is 0 Å². The van der Waals surface area contributed by atoms with Crippen LogP contribution in [0, 0.1) is 5.92 Å². The van der Waals surface area contributed by atoms with Gasteiger partial charge in [0.2, 0.25) is 5.91 Å². The second-order valence-corrected chi connectivity index (χ2v) is 5.58.